The van der Waals surface area contributed by atoms with Crippen molar-refractivity contribution in [2.24, 2.45) is 11.1 Å². The molecule has 0 bridgehead atoms. The first kappa shape index (κ1) is 18.6. The van der Waals surface area contributed by atoms with Crippen molar-refractivity contribution in [1.82, 2.24) is 10.2 Å². The van der Waals surface area contributed by atoms with Gasteiger partial charge in [-0.15, -0.1) is 0 Å². The Hall–Kier alpha value is -2.73. The van der Waals surface area contributed by atoms with E-state index in [0.29, 0.717) is 19.5 Å². The number of nitrogens with two attached hydrogens (primary N) is 1. The second kappa shape index (κ2) is 7.36. The summed E-state index contributed by atoms with van der Waals surface area (Å²) in [4.78, 5) is 26.9. The van der Waals surface area contributed by atoms with Crippen molar-refractivity contribution in [2.75, 3.05) is 13.1 Å². The number of amides is 2. The number of hydrogen-bond acceptors (Lipinski definition) is 3. The fourth-order valence-electron chi connectivity index (χ4n) is 3.99. The number of carbonyl (C=O) groups is 2. The number of nitrogens with one attached hydrogen (secondary N) is 1. The summed E-state index contributed by atoms with van der Waals surface area (Å²) in [7, 11) is 0. The van der Waals surface area contributed by atoms with E-state index in [9.17, 15) is 14.0 Å². The van der Waals surface area contributed by atoms with Gasteiger partial charge >= 0.3 is 11.8 Å². The molecule has 5 nitrogen and oxygen atoms in total. The van der Waals surface area contributed by atoms with Crippen molar-refractivity contribution in [3.63, 3.8) is 0 Å². The summed E-state index contributed by atoms with van der Waals surface area (Å²) < 4.78 is 13.2. The van der Waals surface area contributed by atoms with Crippen LogP contribution in [-0.4, -0.2) is 35.8 Å². The summed E-state index contributed by atoms with van der Waals surface area (Å²) in [5, 5.41) is 2.87. The molecular formula is C22H24FN3O2. The van der Waals surface area contributed by atoms with Gasteiger partial charge in [-0.25, -0.2) is 4.39 Å². The third-order valence-corrected chi connectivity index (χ3v) is 5.94. The highest BCUT2D eigenvalue weighted by Crippen LogP contribution is 2.51. The largest absolute Gasteiger partial charge is 0.341 e. The molecule has 3 N–H and O–H groups in total. The zero-order chi connectivity index (χ0) is 19.7. The molecular weight excluding hydrogens is 357 g/mol. The molecule has 146 valence electrons. The number of halogens is 1. The highest BCUT2D eigenvalue weighted by molar-refractivity contribution is 6.35. The molecule has 2 fully saturated rings. The Balaban J connectivity index is 1.48. The Bertz CT molecular complexity index is 865. The Labute approximate surface area is 163 Å². The van der Waals surface area contributed by atoms with Crippen molar-refractivity contribution < 1.29 is 14.0 Å². The Morgan fingerprint density at radius 1 is 1.14 bits per heavy atom. The van der Waals surface area contributed by atoms with Gasteiger partial charge in [-0.3, -0.25) is 9.59 Å². The molecule has 2 unspecified atom stereocenters. The maximum atomic E-state index is 13.2. The van der Waals surface area contributed by atoms with Gasteiger partial charge in [-0.1, -0.05) is 42.5 Å². The minimum atomic E-state index is -0.624. The van der Waals surface area contributed by atoms with Gasteiger partial charge in [0.15, 0.2) is 0 Å². The van der Waals surface area contributed by atoms with E-state index in [1.165, 1.54) is 12.1 Å². The quantitative estimate of drug-likeness (QED) is 0.797. The number of rotatable bonds is 4. The molecule has 0 aromatic heterocycles. The van der Waals surface area contributed by atoms with E-state index in [4.69, 9.17) is 5.73 Å². The summed E-state index contributed by atoms with van der Waals surface area (Å²) in [5.41, 5.74) is 7.96. The normalized spacial score (nSPS) is 20.8. The zero-order valence-electron chi connectivity index (χ0n) is 15.6. The van der Waals surface area contributed by atoms with Gasteiger partial charge in [-0.2, -0.15) is 0 Å². The molecule has 2 atom stereocenters. The van der Waals surface area contributed by atoms with Gasteiger partial charge in [0.05, 0.1) is 6.04 Å². The topological polar surface area (TPSA) is 75.4 Å². The van der Waals surface area contributed by atoms with Crippen LogP contribution in [0.1, 0.15) is 30.0 Å². The molecule has 1 spiro atoms. The Kier molecular flexibility index (Phi) is 4.89. The van der Waals surface area contributed by atoms with Gasteiger partial charge in [-0.05, 0) is 42.5 Å². The van der Waals surface area contributed by atoms with Crippen LogP contribution in [0.2, 0.25) is 0 Å². The van der Waals surface area contributed by atoms with Crippen molar-refractivity contribution in [2.45, 2.75) is 31.3 Å². The van der Waals surface area contributed by atoms with Gasteiger partial charge < -0.3 is 16.0 Å². The van der Waals surface area contributed by atoms with E-state index in [-0.39, 0.29) is 23.3 Å². The molecule has 2 aromatic rings. The summed E-state index contributed by atoms with van der Waals surface area (Å²) in [6.07, 6.45) is 2.51. The number of likely N-dealkylation sites (tertiary alicyclic amines) is 1. The molecule has 6 heteroatoms. The van der Waals surface area contributed by atoms with Crippen LogP contribution in [-0.2, 0) is 16.0 Å². The first-order chi connectivity index (χ1) is 13.5. The molecule has 1 aliphatic carbocycles. The fraction of sp³-hybridized carbons (Fsp3) is 0.364. The molecule has 2 amide bonds. The van der Waals surface area contributed by atoms with Gasteiger partial charge in [0.1, 0.15) is 5.82 Å². The van der Waals surface area contributed by atoms with Crippen LogP contribution in [0.3, 0.4) is 0 Å². The van der Waals surface area contributed by atoms with Crippen molar-refractivity contribution in [1.29, 1.82) is 0 Å². The Morgan fingerprint density at radius 3 is 2.43 bits per heavy atom. The lowest BCUT2D eigenvalue weighted by Gasteiger charge is -2.21. The maximum absolute atomic E-state index is 13.2. The van der Waals surface area contributed by atoms with E-state index in [0.717, 1.165) is 24.0 Å². The van der Waals surface area contributed by atoms with Crippen molar-refractivity contribution >= 4 is 11.8 Å². The lowest BCUT2D eigenvalue weighted by Crippen LogP contribution is -2.44. The molecule has 1 heterocycles. The summed E-state index contributed by atoms with van der Waals surface area (Å²) in [6.45, 7) is 0.995. The minimum Gasteiger partial charge on any atom is -0.341 e. The zero-order valence-corrected chi connectivity index (χ0v) is 15.6. The van der Waals surface area contributed by atoms with Gasteiger partial charge in [0.2, 0.25) is 0 Å². The highest BCUT2D eigenvalue weighted by atomic mass is 19.1. The standard InChI is InChI=1S/C22H24FN3O2/c23-17-8-6-15(7-9-17)12-18(16-4-2-1-3-5-16)25-20(27)21(28)26-13-19(24)22(14-26)10-11-22/h1-9,18-19H,10-14,24H2,(H,25,27). The first-order valence-corrected chi connectivity index (χ1v) is 9.62. The van der Waals surface area contributed by atoms with Crippen LogP contribution in [0.4, 0.5) is 4.39 Å². The average Bonchev–Trinajstić information content (AvgIpc) is 3.41. The molecule has 28 heavy (non-hydrogen) atoms. The van der Waals surface area contributed by atoms with Crippen LogP contribution in [0.15, 0.2) is 54.6 Å². The van der Waals surface area contributed by atoms with Crippen LogP contribution in [0.25, 0.3) is 0 Å². The van der Waals surface area contributed by atoms with E-state index in [1.54, 1.807) is 17.0 Å². The second-order valence-electron chi connectivity index (χ2n) is 7.92. The molecule has 1 saturated heterocycles. The van der Waals surface area contributed by atoms with E-state index >= 15 is 0 Å². The average molecular weight is 381 g/mol. The van der Waals surface area contributed by atoms with E-state index < -0.39 is 11.8 Å². The molecule has 2 aliphatic rings. The molecule has 0 radical (unpaired) electrons. The number of hydrogen-bond donors (Lipinski definition) is 2. The van der Waals surface area contributed by atoms with Crippen molar-refractivity contribution in [3.05, 3.63) is 71.5 Å². The summed E-state index contributed by atoms with van der Waals surface area (Å²) >= 11 is 0. The van der Waals surface area contributed by atoms with Crippen LogP contribution < -0.4 is 11.1 Å². The van der Waals surface area contributed by atoms with Gasteiger partial charge in [0, 0.05) is 24.5 Å². The van der Waals surface area contributed by atoms with E-state index in [1.807, 2.05) is 30.3 Å². The van der Waals surface area contributed by atoms with Gasteiger partial charge in [0.25, 0.3) is 0 Å². The second-order valence-corrected chi connectivity index (χ2v) is 7.92. The summed E-state index contributed by atoms with van der Waals surface area (Å²) in [5.74, 6) is -1.46. The number of nitrogens with zero attached hydrogens (tertiary/aromatic N) is 1. The fourth-order valence-corrected chi connectivity index (χ4v) is 3.99. The van der Waals surface area contributed by atoms with E-state index in [2.05, 4.69) is 5.32 Å². The Morgan fingerprint density at radius 2 is 1.82 bits per heavy atom. The summed E-state index contributed by atoms with van der Waals surface area (Å²) in [6, 6.07) is 15.2. The predicted molar refractivity (Wildman–Crippen MR) is 104 cm³/mol. The van der Waals surface area contributed by atoms with Crippen LogP contribution in [0.5, 0.6) is 0 Å². The lowest BCUT2D eigenvalue weighted by molar-refractivity contribution is -0.145. The number of benzene rings is 2. The first-order valence-electron chi connectivity index (χ1n) is 9.62. The smallest absolute Gasteiger partial charge is 0.311 e. The molecule has 1 saturated carbocycles. The third-order valence-electron chi connectivity index (χ3n) is 5.94. The third kappa shape index (κ3) is 3.78. The number of carbonyl (C=O) groups excluding carboxylic acids is 2. The SMILES string of the molecule is NC1CN(C(=O)C(=O)NC(Cc2ccc(F)cc2)c2ccccc2)CC12CC2. The molecule has 2 aromatic carbocycles. The maximum Gasteiger partial charge on any atom is 0.311 e. The predicted octanol–water partition coefficient (Wildman–Crippen LogP) is 2.18. The molecule has 4 rings (SSSR count). The molecule has 1 aliphatic heterocycles. The minimum absolute atomic E-state index is 0.0306. The highest BCUT2D eigenvalue weighted by Gasteiger charge is 2.55. The monoisotopic (exact) mass is 381 g/mol. The van der Waals surface area contributed by atoms with Crippen LogP contribution >= 0.6 is 0 Å². The lowest BCUT2D eigenvalue weighted by atomic mass is 9.98. The van der Waals surface area contributed by atoms with Crippen LogP contribution in [0, 0.1) is 11.2 Å². The van der Waals surface area contributed by atoms with Crippen molar-refractivity contribution in [3.8, 4) is 0 Å².